The Hall–Kier alpha value is -3.65. The third-order valence-corrected chi connectivity index (χ3v) is 4.07. The van der Waals surface area contributed by atoms with Crippen LogP contribution < -0.4 is 5.56 Å². The average molecular weight is 344 g/mol. The Kier molecular flexibility index (Phi) is 4.68. The van der Waals surface area contributed by atoms with E-state index in [4.69, 9.17) is 4.74 Å². The minimum Gasteiger partial charge on any atom is -0.465 e. The van der Waals surface area contributed by atoms with Gasteiger partial charge in [0.15, 0.2) is 0 Å². The van der Waals surface area contributed by atoms with Gasteiger partial charge in [-0.25, -0.2) is 4.79 Å². The van der Waals surface area contributed by atoms with Crippen LogP contribution in [0.2, 0.25) is 0 Å². The van der Waals surface area contributed by atoms with Crippen molar-refractivity contribution in [3.63, 3.8) is 0 Å². The Morgan fingerprint density at radius 1 is 1.04 bits per heavy atom. The number of pyridine rings is 1. The van der Waals surface area contributed by atoms with Crippen LogP contribution in [0.15, 0.2) is 59.4 Å². The summed E-state index contributed by atoms with van der Waals surface area (Å²) in [5.41, 5.74) is 3.88. The van der Waals surface area contributed by atoms with Crippen molar-refractivity contribution in [2.75, 3.05) is 7.11 Å². The Morgan fingerprint density at radius 2 is 1.69 bits per heavy atom. The van der Waals surface area contributed by atoms with Gasteiger partial charge in [-0.05, 0) is 47.9 Å². The molecule has 1 N–H and O–H groups in total. The Balaban J connectivity index is 2.13. The fraction of sp³-hybridized carbons (Fsp3) is 0.0952. The maximum atomic E-state index is 12.0. The van der Waals surface area contributed by atoms with Crippen molar-refractivity contribution < 1.29 is 9.53 Å². The lowest BCUT2D eigenvalue weighted by molar-refractivity contribution is 0.0601. The summed E-state index contributed by atoms with van der Waals surface area (Å²) >= 11 is 0. The summed E-state index contributed by atoms with van der Waals surface area (Å²) in [5.74, 6) is -0.403. The largest absolute Gasteiger partial charge is 0.465 e. The van der Waals surface area contributed by atoms with E-state index in [2.05, 4.69) is 4.98 Å². The molecule has 0 amide bonds. The molecule has 0 bridgehead atoms. The third-order valence-electron chi connectivity index (χ3n) is 4.07. The summed E-state index contributed by atoms with van der Waals surface area (Å²) in [4.78, 5) is 26.4. The second-order valence-electron chi connectivity index (χ2n) is 5.84. The van der Waals surface area contributed by atoms with E-state index >= 15 is 0 Å². The van der Waals surface area contributed by atoms with Crippen molar-refractivity contribution in [1.82, 2.24) is 4.98 Å². The number of aromatic nitrogens is 1. The Morgan fingerprint density at radius 3 is 2.38 bits per heavy atom. The molecule has 3 aromatic rings. The number of H-pyrrole nitrogens is 1. The lowest BCUT2D eigenvalue weighted by Crippen LogP contribution is -2.12. The predicted molar refractivity (Wildman–Crippen MR) is 98.7 cm³/mol. The summed E-state index contributed by atoms with van der Waals surface area (Å²) in [5, 5.41) is 9.34. The van der Waals surface area contributed by atoms with Crippen molar-refractivity contribution in [2.45, 2.75) is 6.92 Å². The first-order chi connectivity index (χ1) is 12.5. The molecule has 0 radical (unpaired) electrons. The quantitative estimate of drug-likeness (QED) is 0.735. The zero-order valence-corrected chi connectivity index (χ0v) is 14.4. The van der Waals surface area contributed by atoms with Crippen molar-refractivity contribution >= 4 is 5.97 Å². The summed E-state index contributed by atoms with van der Waals surface area (Å²) in [6.45, 7) is 1.77. The number of aromatic amines is 1. The molecule has 0 saturated carbocycles. The summed E-state index contributed by atoms with van der Waals surface area (Å²) in [6, 6.07) is 18.4. The van der Waals surface area contributed by atoms with Gasteiger partial charge in [-0.3, -0.25) is 4.79 Å². The Bertz CT molecular complexity index is 1090. The number of nitrogens with one attached hydrogen (secondary N) is 1. The van der Waals surface area contributed by atoms with E-state index in [1.54, 1.807) is 31.2 Å². The summed E-state index contributed by atoms with van der Waals surface area (Å²) in [7, 11) is 1.34. The zero-order chi connectivity index (χ0) is 18.7. The van der Waals surface area contributed by atoms with Crippen molar-refractivity contribution in [3.05, 3.63) is 81.8 Å². The van der Waals surface area contributed by atoms with E-state index in [1.807, 2.05) is 36.4 Å². The average Bonchev–Trinajstić information content (AvgIpc) is 2.67. The highest BCUT2D eigenvalue weighted by Crippen LogP contribution is 2.28. The van der Waals surface area contributed by atoms with Gasteiger partial charge < -0.3 is 9.72 Å². The first-order valence-corrected chi connectivity index (χ1v) is 7.96. The van der Waals surface area contributed by atoms with Crippen LogP contribution in [0, 0.1) is 18.3 Å². The van der Waals surface area contributed by atoms with Crippen LogP contribution in [0.1, 0.15) is 21.6 Å². The van der Waals surface area contributed by atoms with Crippen LogP contribution in [-0.2, 0) is 4.74 Å². The molecule has 0 unspecified atom stereocenters. The molecule has 3 rings (SSSR count). The van der Waals surface area contributed by atoms with Gasteiger partial charge in [-0.1, -0.05) is 30.3 Å². The van der Waals surface area contributed by atoms with Crippen LogP contribution in [-0.4, -0.2) is 18.1 Å². The molecular formula is C21H16N2O3. The normalized spacial score (nSPS) is 10.2. The molecule has 0 aliphatic carbocycles. The zero-order valence-electron chi connectivity index (χ0n) is 14.4. The number of carbonyl (C=O) groups excluding carboxylic acids is 1. The number of methoxy groups -OCH3 is 1. The molecular weight excluding hydrogens is 328 g/mol. The second kappa shape index (κ2) is 7.08. The van der Waals surface area contributed by atoms with Crippen molar-refractivity contribution in [3.8, 4) is 28.3 Å². The number of aryl methyl sites for hydroxylation is 1. The molecule has 2 aromatic carbocycles. The van der Waals surface area contributed by atoms with Crippen LogP contribution in [0.4, 0.5) is 0 Å². The standard InChI is InChI=1S/C21H16N2O3/c1-13-9-18(19(12-22)20(24)23-13)16-7-3-5-14(10-16)15-6-4-8-17(11-15)21(25)26-2/h3-11H,1-2H3,(H,23,24). The Labute approximate surface area is 150 Å². The molecule has 5 heteroatoms. The molecule has 128 valence electrons. The van der Waals surface area contributed by atoms with E-state index < -0.39 is 11.5 Å². The number of esters is 1. The fourth-order valence-corrected chi connectivity index (χ4v) is 2.84. The third kappa shape index (κ3) is 3.26. The molecule has 5 nitrogen and oxygen atoms in total. The monoisotopic (exact) mass is 344 g/mol. The van der Waals surface area contributed by atoms with Crippen LogP contribution in [0.3, 0.4) is 0 Å². The number of nitriles is 1. The van der Waals surface area contributed by atoms with Gasteiger partial charge in [0.05, 0.1) is 12.7 Å². The number of hydrogen-bond donors (Lipinski definition) is 1. The molecule has 0 fully saturated rings. The lowest BCUT2D eigenvalue weighted by Gasteiger charge is -2.09. The van der Waals surface area contributed by atoms with Gasteiger partial charge in [-0.2, -0.15) is 5.26 Å². The van der Waals surface area contributed by atoms with Gasteiger partial charge in [-0.15, -0.1) is 0 Å². The lowest BCUT2D eigenvalue weighted by atomic mass is 9.96. The first-order valence-electron chi connectivity index (χ1n) is 7.96. The molecule has 0 saturated heterocycles. The first kappa shape index (κ1) is 17.2. The second-order valence-corrected chi connectivity index (χ2v) is 5.84. The van der Waals surface area contributed by atoms with E-state index in [9.17, 15) is 14.9 Å². The van der Waals surface area contributed by atoms with E-state index in [0.29, 0.717) is 16.8 Å². The van der Waals surface area contributed by atoms with E-state index in [-0.39, 0.29) is 5.56 Å². The molecule has 0 spiro atoms. The molecule has 0 aliphatic rings. The van der Waals surface area contributed by atoms with Gasteiger partial charge in [0.2, 0.25) is 0 Å². The molecule has 0 aliphatic heterocycles. The maximum Gasteiger partial charge on any atom is 0.337 e. The van der Waals surface area contributed by atoms with Crippen LogP contribution in [0.25, 0.3) is 22.3 Å². The summed E-state index contributed by atoms with van der Waals surface area (Å²) in [6.07, 6.45) is 0. The molecule has 0 atom stereocenters. The van der Waals surface area contributed by atoms with Gasteiger partial charge in [0.1, 0.15) is 11.6 Å². The minimum atomic E-state index is -0.403. The number of rotatable bonds is 3. The number of ether oxygens (including phenoxy) is 1. The highest BCUT2D eigenvalue weighted by atomic mass is 16.5. The molecule has 26 heavy (non-hydrogen) atoms. The summed E-state index contributed by atoms with van der Waals surface area (Å²) < 4.78 is 4.76. The van der Waals surface area contributed by atoms with E-state index in [0.717, 1.165) is 16.7 Å². The SMILES string of the molecule is COC(=O)c1cccc(-c2cccc(-c3cc(C)[nH]c(=O)c3C#N)c2)c1. The number of nitrogens with zero attached hydrogens (tertiary/aromatic N) is 1. The highest BCUT2D eigenvalue weighted by molar-refractivity contribution is 5.91. The number of hydrogen-bond acceptors (Lipinski definition) is 4. The topological polar surface area (TPSA) is 83.0 Å². The minimum absolute atomic E-state index is 0.0797. The van der Waals surface area contributed by atoms with Crippen LogP contribution in [0.5, 0.6) is 0 Å². The van der Waals surface area contributed by atoms with E-state index in [1.165, 1.54) is 7.11 Å². The smallest absolute Gasteiger partial charge is 0.337 e. The van der Waals surface area contributed by atoms with Crippen LogP contribution >= 0.6 is 0 Å². The fourth-order valence-electron chi connectivity index (χ4n) is 2.84. The number of carbonyl (C=O) groups is 1. The van der Waals surface area contributed by atoms with Crippen molar-refractivity contribution in [2.24, 2.45) is 0 Å². The molecule has 1 heterocycles. The van der Waals surface area contributed by atoms with Gasteiger partial charge in [0.25, 0.3) is 5.56 Å². The van der Waals surface area contributed by atoms with Gasteiger partial charge in [0, 0.05) is 11.3 Å². The predicted octanol–water partition coefficient (Wildman–Crippen LogP) is 3.68. The number of benzene rings is 2. The maximum absolute atomic E-state index is 12.0. The molecule has 1 aromatic heterocycles. The van der Waals surface area contributed by atoms with Gasteiger partial charge >= 0.3 is 5.97 Å². The highest BCUT2D eigenvalue weighted by Gasteiger charge is 2.12. The van der Waals surface area contributed by atoms with Crippen molar-refractivity contribution in [1.29, 1.82) is 5.26 Å².